The number of hydrogen-bond donors (Lipinski definition) is 1. The van der Waals surface area contributed by atoms with Crippen LogP contribution in [0.1, 0.15) is 15.9 Å². The summed E-state index contributed by atoms with van der Waals surface area (Å²) in [6, 6.07) is 17.5. The Morgan fingerprint density at radius 1 is 1.14 bits per heavy atom. The maximum absolute atomic E-state index is 12.9. The van der Waals surface area contributed by atoms with Crippen LogP contribution in [0.15, 0.2) is 72.4 Å². The number of hydrogen-bond acceptors (Lipinski definition) is 5. The molecule has 1 amide bonds. The van der Waals surface area contributed by atoms with Crippen LogP contribution in [0, 0.1) is 0 Å². The first-order valence-electron chi connectivity index (χ1n) is 8.69. The Bertz CT molecular complexity index is 1060. The molecule has 2 aromatic carbocycles. The number of carbonyl (C=O) groups is 1. The molecule has 0 bridgehead atoms. The van der Waals surface area contributed by atoms with E-state index in [0.29, 0.717) is 22.9 Å². The van der Waals surface area contributed by atoms with Crippen molar-refractivity contribution in [1.82, 2.24) is 14.8 Å². The van der Waals surface area contributed by atoms with Gasteiger partial charge in [-0.15, -0.1) is 11.3 Å². The lowest BCUT2D eigenvalue weighted by molar-refractivity contribution is 0.102. The van der Waals surface area contributed by atoms with E-state index in [1.165, 1.54) is 11.3 Å². The maximum atomic E-state index is 12.9. The summed E-state index contributed by atoms with van der Waals surface area (Å²) >= 11 is 1.38. The number of nitrogens with one attached hydrogen (secondary N) is 1. The van der Waals surface area contributed by atoms with Crippen molar-refractivity contribution >= 4 is 22.4 Å². The van der Waals surface area contributed by atoms with Crippen LogP contribution in [-0.2, 0) is 6.54 Å². The number of ether oxygens (including phenoxy) is 1. The fourth-order valence-corrected chi connectivity index (χ4v) is 3.37. The molecule has 0 aliphatic heterocycles. The average Bonchev–Trinajstić information content (AvgIpc) is 3.39. The minimum absolute atomic E-state index is 0.236. The second kappa shape index (κ2) is 8.06. The molecule has 0 aliphatic rings. The first-order valence-corrected chi connectivity index (χ1v) is 9.57. The van der Waals surface area contributed by atoms with Crippen LogP contribution in [0.25, 0.3) is 11.3 Å². The SMILES string of the molecule is COc1ccc(-c2nn(Cc3ccccc3)cc2C(=O)Nc2nccs2)cc1. The molecule has 6 nitrogen and oxygen atoms in total. The number of carbonyl (C=O) groups excluding carboxylic acids is 1. The van der Waals surface area contributed by atoms with Crippen molar-refractivity contribution < 1.29 is 9.53 Å². The van der Waals surface area contributed by atoms with E-state index >= 15 is 0 Å². The van der Waals surface area contributed by atoms with Crippen molar-refractivity contribution in [3.05, 3.63) is 83.5 Å². The molecular formula is C21H18N4O2S. The van der Waals surface area contributed by atoms with Crippen molar-refractivity contribution in [2.75, 3.05) is 12.4 Å². The van der Waals surface area contributed by atoms with E-state index in [0.717, 1.165) is 16.9 Å². The van der Waals surface area contributed by atoms with Gasteiger partial charge in [-0.1, -0.05) is 30.3 Å². The zero-order valence-corrected chi connectivity index (χ0v) is 16.0. The molecule has 0 spiro atoms. The van der Waals surface area contributed by atoms with Gasteiger partial charge in [-0.25, -0.2) is 4.98 Å². The van der Waals surface area contributed by atoms with Gasteiger partial charge in [-0.05, 0) is 29.8 Å². The normalized spacial score (nSPS) is 10.6. The smallest absolute Gasteiger partial charge is 0.261 e. The van der Waals surface area contributed by atoms with Gasteiger partial charge in [0.25, 0.3) is 5.91 Å². The number of nitrogens with zero attached hydrogens (tertiary/aromatic N) is 3. The monoisotopic (exact) mass is 390 g/mol. The third-order valence-electron chi connectivity index (χ3n) is 4.21. The van der Waals surface area contributed by atoms with E-state index in [9.17, 15) is 4.79 Å². The lowest BCUT2D eigenvalue weighted by atomic mass is 10.1. The molecule has 1 N–H and O–H groups in total. The average molecular weight is 390 g/mol. The van der Waals surface area contributed by atoms with Crippen LogP contribution >= 0.6 is 11.3 Å². The van der Waals surface area contributed by atoms with Gasteiger partial charge < -0.3 is 4.74 Å². The Balaban J connectivity index is 1.69. The van der Waals surface area contributed by atoms with Gasteiger partial charge >= 0.3 is 0 Å². The van der Waals surface area contributed by atoms with Crippen LogP contribution in [0.2, 0.25) is 0 Å². The highest BCUT2D eigenvalue weighted by molar-refractivity contribution is 7.13. The first-order chi connectivity index (χ1) is 13.7. The molecular weight excluding hydrogens is 372 g/mol. The maximum Gasteiger partial charge on any atom is 0.261 e. The zero-order chi connectivity index (χ0) is 19.3. The zero-order valence-electron chi connectivity index (χ0n) is 15.2. The van der Waals surface area contributed by atoms with E-state index in [4.69, 9.17) is 4.74 Å². The molecule has 0 atom stereocenters. The molecule has 0 radical (unpaired) electrons. The van der Waals surface area contributed by atoms with E-state index in [-0.39, 0.29) is 5.91 Å². The largest absolute Gasteiger partial charge is 0.497 e. The van der Waals surface area contributed by atoms with Crippen molar-refractivity contribution in [2.24, 2.45) is 0 Å². The van der Waals surface area contributed by atoms with Gasteiger partial charge in [0, 0.05) is 23.3 Å². The van der Waals surface area contributed by atoms with Gasteiger partial charge in [0.1, 0.15) is 11.4 Å². The van der Waals surface area contributed by atoms with E-state index in [2.05, 4.69) is 15.4 Å². The Morgan fingerprint density at radius 3 is 2.61 bits per heavy atom. The van der Waals surface area contributed by atoms with Crippen LogP contribution < -0.4 is 10.1 Å². The number of benzene rings is 2. The van der Waals surface area contributed by atoms with E-state index < -0.39 is 0 Å². The highest BCUT2D eigenvalue weighted by Gasteiger charge is 2.19. The summed E-state index contributed by atoms with van der Waals surface area (Å²) < 4.78 is 7.01. The second-order valence-electron chi connectivity index (χ2n) is 6.09. The Hall–Kier alpha value is -3.45. The van der Waals surface area contributed by atoms with Crippen LogP contribution in [0.3, 0.4) is 0 Å². The number of methoxy groups -OCH3 is 1. The number of rotatable bonds is 6. The van der Waals surface area contributed by atoms with Gasteiger partial charge in [0.2, 0.25) is 0 Å². The summed E-state index contributed by atoms with van der Waals surface area (Å²) in [6.45, 7) is 0.578. The third-order valence-corrected chi connectivity index (χ3v) is 4.90. The fourth-order valence-electron chi connectivity index (χ4n) is 2.85. The molecule has 0 aliphatic carbocycles. The number of anilines is 1. The van der Waals surface area contributed by atoms with Gasteiger partial charge in [0.05, 0.1) is 19.2 Å². The summed E-state index contributed by atoms with van der Waals surface area (Å²) in [4.78, 5) is 17.0. The Labute approximate surface area is 166 Å². The van der Waals surface area contributed by atoms with Crippen molar-refractivity contribution in [2.45, 2.75) is 6.54 Å². The second-order valence-corrected chi connectivity index (χ2v) is 6.99. The standard InChI is InChI=1S/C21H18N4O2S/c1-27-17-9-7-16(8-10-17)19-18(20(26)23-21-22-11-12-28-21)14-25(24-19)13-15-5-3-2-4-6-15/h2-12,14H,13H2,1H3,(H,22,23,26). The highest BCUT2D eigenvalue weighted by atomic mass is 32.1. The minimum atomic E-state index is -0.236. The number of aromatic nitrogens is 3. The molecule has 0 unspecified atom stereocenters. The molecule has 28 heavy (non-hydrogen) atoms. The lowest BCUT2D eigenvalue weighted by Gasteiger charge is -2.04. The van der Waals surface area contributed by atoms with Gasteiger partial charge in [0.15, 0.2) is 5.13 Å². The minimum Gasteiger partial charge on any atom is -0.497 e. The highest BCUT2D eigenvalue weighted by Crippen LogP contribution is 2.26. The van der Waals surface area contributed by atoms with Crippen LogP contribution in [0.4, 0.5) is 5.13 Å². The third kappa shape index (κ3) is 3.94. The Kier molecular flexibility index (Phi) is 5.16. The summed E-state index contributed by atoms with van der Waals surface area (Å²) in [6.07, 6.45) is 3.43. The van der Waals surface area contributed by atoms with Crippen LogP contribution in [-0.4, -0.2) is 27.8 Å². The topological polar surface area (TPSA) is 69.0 Å². The molecule has 7 heteroatoms. The van der Waals surface area contributed by atoms with Crippen LogP contribution in [0.5, 0.6) is 5.75 Å². The molecule has 4 rings (SSSR count). The molecule has 0 saturated carbocycles. The van der Waals surface area contributed by atoms with Crippen molar-refractivity contribution in [3.63, 3.8) is 0 Å². The summed E-state index contributed by atoms with van der Waals surface area (Å²) in [5, 5.41) is 9.89. The molecule has 0 saturated heterocycles. The Morgan fingerprint density at radius 2 is 1.93 bits per heavy atom. The quantitative estimate of drug-likeness (QED) is 0.532. The molecule has 2 aromatic heterocycles. The summed E-state index contributed by atoms with van der Waals surface area (Å²) in [5.74, 6) is 0.515. The summed E-state index contributed by atoms with van der Waals surface area (Å²) in [7, 11) is 1.62. The van der Waals surface area contributed by atoms with Gasteiger partial charge in [-0.2, -0.15) is 5.10 Å². The predicted octanol–water partition coefficient (Wildman–Crippen LogP) is 4.32. The van der Waals surface area contributed by atoms with Crippen molar-refractivity contribution in [3.8, 4) is 17.0 Å². The van der Waals surface area contributed by atoms with Crippen molar-refractivity contribution in [1.29, 1.82) is 0 Å². The number of amides is 1. The molecule has 2 heterocycles. The predicted molar refractivity (Wildman–Crippen MR) is 110 cm³/mol. The molecule has 140 valence electrons. The fraction of sp³-hybridized carbons (Fsp3) is 0.0952. The lowest BCUT2D eigenvalue weighted by Crippen LogP contribution is -2.12. The summed E-state index contributed by atoms with van der Waals surface area (Å²) in [5.41, 5.74) is 3.07. The first kappa shape index (κ1) is 17.9. The van der Waals surface area contributed by atoms with E-state index in [1.807, 2.05) is 60.0 Å². The molecule has 4 aromatic rings. The number of thiazole rings is 1. The van der Waals surface area contributed by atoms with Gasteiger partial charge in [-0.3, -0.25) is 14.8 Å². The molecule has 0 fully saturated rings. The van der Waals surface area contributed by atoms with E-state index in [1.54, 1.807) is 24.2 Å².